The molecule has 2 N–H and O–H groups in total. The summed E-state index contributed by atoms with van der Waals surface area (Å²) in [6.07, 6.45) is 3.30. The number of piperidine rings is 1. The first-order chi connectivity index (χ1) is 13.0. The van der Waals surface area contributed by atoms with Crippen LogP contribution < -0.4 is 15.4 Å². The molecule has 0 bridgehead atoms. The molecular formula is C21H35FN4O. The van der Waals surface area contributed by atoms with E-state index < -0.39 is 0 Å². The fraction of sp³-hybridized carbons (Fsp3) is 0.667. The van der Waals surface area contributed by atoms with Crippen molar-refractivity contribution in [1.29, 1.82) is 0 Å². The molecule has 1 fully saturated rings. The van der Waals surface area contributed by atoms with Gasteiger partial charge in [0.1, 0.15) is 17.7 Å². The Balaban J connectivity index is 1.76. The molecule has 2 unspecified atom stereocenters. The van der Waals surface area contributed by atoms with Crippen molar-refractivity contribution in [3.05, 3.63) is 30.1 Å². The molecule has 0 spiro atoms. The average molecular weight is 379 g/mol. The highest BCUT2D eigenvalue weighted by molar-refractivity contribution is 5.79. The van der Waals surface area contributed by atoms with Crippen LogP contribution in [0.25, 0.3) is 0 Å². The second-order valence-electron chi connectivity index (χ2n) is 7.54. The maximum atomic E-state index is 13.3. The molecule has 1 heterocycles. The smallest absolute Gasteiger partial charge is 0.191 e. The van der Waals surface area contributed by atoms with Crippen molar-refractivity contribution >= 4 is 5.96 Å². The lowest BCUT2D eigenvalue weighted by atomic mass is 9.97. The van der Waals surface area contributed by atoms with Crippen LogP contribution in [-0.2, 0) is 0 Å². The number of ether oxygens (including phenoxy) is 1. The Hall–Kier alpha value is -1.82. The maximum absolute atomic E-state index is 13.3. The molecule has 152 valence electrons. The third-order valence-electron chi connectivity index (χ3n) is 5.11. The lowest BCUT2D eigenvalue weighted by molar-refractivity contribution is 0.141. The molecule has 1 saturated heterocycles. The van der Waals surface area contributed by atoms with Crippen LogP contribution in [0.1, 0.15) is 40.0 Å². The number of benzene rings is 1. The molecule has 0 aliphatic carbocycles. The predicted molar refractivity (Wildman–Crippen MR) is 110 cm³/mol. The molecule has 1 aliphatic rings. The Kier molecular flexibility index (Phi) is 8.85. The van der Waals surface area contributed by atoms with Crippen LogP contribution in [0, 0.1) is 11.7 Å². The van der Waals surface area contributed by atoms with Crippen molar-refractivity contribution < 1.29 is 9.13 Å². The molecule has 1 aromatic carbocycles. The van der Waals surface area contributed by atoms with Crippen molar-refractivity contribution in [3.63, 3.8) is 0 Å². The van der Waals surface area contributed by atoms with E-state index in [9.17, 15) is 4.39 Å². The fourth-order valence-corrected chi connectivity index (χ4v) is 3.41. The summed E-state index contributed by atoms with van der Waals surface area (Å²) in [7, 11) is 1.78. The van der Waals surface area contributed by atoms with E-state index in [1.165, 1.54) is 31.5 Å². The number of aliphatic imine (C=N–C) groups is 1. The first kappa shape index (κ1) is 21.5. The maximum Gasteiger partial charge on any atom is 0.191 e. The Bertz CT molecular complexity index is 593. The fourth-order valence-electron chi connectivity index (χ4n) is 3.41. The minimum Gasteiger partial charge on any atom is -0.489 e. The molecule has 27 heavy (non-hydrogen) atoms. The van der Waals surface area contributed by atoms with Crippen molar-refractivity contribution in [2.45, 2.75) is 52.2 Å². The van der Waals surface area contributed by atoms with Gasteiger partial charge in [-0.3, -0.25) is 4.99 Å². The highest BCUT2D eigenvalue weighted by Crippen LogP contribution is 2.18. The average Bonchev–Trinajstić information content (AvgIpc) is 2.67. The van der Waals surface area contributed by atoms with Gasteiger partial charge in [-0.05, 0) is 57.7 Å². The van der Waals surface area contributed by atoms with Crippen molar-refractivity contribution in [1.82, 2.24) is 15.5 Å². The number of hydrogen-bond acceptors (Lipinski definition) is 3. The number of guanidine groups is 1. The number of likely N-dealkylation sites (tertiary alicyclic amines) is 1. The summed E-state index contributed by atoms with van der Waals surface area (Å²) < 4.78 is 19.2. The summed E-state index contributed by atoms with van der Waals surface area (Å²) in [6.45, 7) is 10.5. The van der Waals surface area contributed by atoms with Crippen LogP contribution in [0.3, 0.4) is 0 Å². The van der Waals surface area contributed by atoms with Crippen LogP contribution in [0.15, 0.2) is 29.3 Å². The van der Waals surface area contributed by atoms with Crippen molar-refractivity contribution in [3.8, 4) is 5.75 Å². The zero-order valence-electron chi connectivity index (χ0n) is 17.2. The van der Waals surface area contributed by atoms with Crippen LogP contribution in [0.4, 0.5) is 4.39 Å². The summed E-state index contributed by atoms with van der Waals surface area (Å²) in [4.78, 5) is 6.87. The Morgan fingerprint density at radius 1 is 1.37 bits per heavy atom. The summed E-state index contributed by atoms with van der Waals surface area (Å²) in [5.41, 5.74) is 0. The lowest BCUT2D eigenvalue weighted by Gasteiger charge is -2.35. The third-order valence-corrected chi connectivity index (χ3v) is 5.11. The predicted octanol–water partition coefficient (Wildman–Crippen LogP) is 3.27. The van der Waals surface area contributed by atoms with E-state index in [0.717, 1.165) is 25.5 Å². The van der Waals surface area contributed by atoms with Gasteiger partial charge < -0.3 is 20.3 Å². The van der Waals surface area contributed by atoms with Gasteiger partial charge in [-0.15, -0.1) is 0 Å². The van der Waals surface area contributed by atoms with E-state index in [1.54, 1.807) is 19.2 Å². The molecule has 1 aromatic rings. The van der Waals surface area contributed by atoms with Crippen molar-refractivity contribution in [2.75, 3.05) is 33.2 Å². The molecule has 0 saturated carbocycles. The van der Waals surface area contributed by atoms with Gasteiger partial charge >= 0.3 is 0 Å². The number of halogens is 1. The number of nitrogens with zero attached hydrogens (tertiary/aromatic N) is 2. The van der Waals surface area contributed by atoms with Crippen molar-refractivity contribution in [2.24, 2.45) is 10.9 Å². The molecule has 1 aliphatic heterocycles. The molecule has 6 heteroatoms. The van der Waals surface area contributed by atoms with Crippen LogP contribution in [0.5, 0.6) is 5.75 Å². The molecule has 5 nitrogen and oxygen atoms in total. The summed E-state index contributed by atoms with van der Waals surface area (Å²) >= 11 is 0. The molecular weight excluding hydrogens is 343 g/mol. The summed E-state index contributed by atoms with van der Waals surface area (Å²) in [5, 5.41) is 6.78. The zero-order valence-corrected chi connectivity index (χ0v) is 17.2. The number of nitrogens with one attached hydrogen (secondary N) is 2. The van der Waals surface area contributed by atoms with E-state index in [2.05, 4.69) is 41.3 Å². The molecule has 0 amide bonds. The first-order valence-electron chi connectivity index (χ1n) is 10.1. The summed E-state index contributed by atoms with van der Waals surface area (Å²) in [5.74, 6) is 1.71. The van der Waals surface area contributed by atoms with Gasteiger partial charge in [0.05, 0.1) is 6.54 Å². The SMILES string of the molecule is CCC(CNC(=NC)NCC1CCCN(C(C)C)C1)Oc1cccc(F)c1. The standard InChI is InChI=1S/C21H35FN4O/c1-5-19(27-20-10-6-9-18(22)12-20)14-25-21(23-4)24-13-17-8-7-11-26(15-17)16(2)3/h6,9-10,12,16-17,19H,5,7-8,11,13-15H2,1-4H3,(H2,23,24,25). The molecule has 2 rings (SSSR count). The molecule has 2 atom stereocenters. The topological polar surface area (TPSA) is 48.9 Å². The van der Waals surface area contributed by atoms with E-state index in [1.807, 2.05) is 0 Å². The first-order valence-corrected chi connectivity index (χ1v) is 10.1. The van der Waals surface area contributed by atoms with Crippen LogP contribution in [0.2, 0.25) is 0 Å². The van der Waals surface area contributed by atoms with Crippen LogP contribution in [-0.4, -0.2) is 56.2 Å². The molecule has 0 radical (unpaired) electrons. The van der Waals surface area contributed by atoms with Gasteiger partial charge in [-0.25, -0.2) is 4.39 Å². The van der Waals surface area contributed by atoms with Gasteiger partial charge in [-0.1, -0.05) is 13.0 Å². The second kappa shape index (κ2) is 11.1. The van der Waals surface area contributed by atoms with E-state index >= 15 is 0 Å². The van der Waals surface area contributed by atoms with E-state index in [0.29, 0.717) is 24.3 Å². The van der Waals surface area contributed by atoms with Gasteiger partial charge in [-0.2, -0.15) is 0 Å². The molecule has 0 aromatic heterocycles. The lowest BCUT2D eigenvalue weighted by Crippen LogP contribution is -2.47. The largest absolute Gasteiger partial charge is 0.489 e. The Morgan fingerprint density at radius 3 is 2.85 bits per heavy atom. The minimum atomic E-state index is -0.282. The summed E-state index contributed by atoms with van der Waals surface area (Å²) in [6, 6.07) is 6.89. The van der Waals surface area contributed by atoms with E-state index in [-0.39, 0.29) is 11.9 Å². The van der Waals surface area contributed by atoms with Gasteiger partial charge in [0.25, 0.3) is 0 Å². The third kappa shape index (κ3) is 7.37. The zero-order chi connectivity index (χ0) is 19.6. The minimum absolute atomic E-state index is 0.0449. The Labute approximate surface area is 163 Å². The number of hydrogen-bond donors (Lipinski definition) is 2. The van der Waals surface area contributed by atoms with Crippen LogP contribution >= 0.6 is 0 Å². The highest BCUT2D eigenvalue weighted by Gasteiger charge is 2.21. The van der Waals surface area contributed by atoms with Gasteiger partial charge in [0, 0.05) is 32.2 Å². The van der Waals surface area contributed by atoms with Gasteiger partial charge in [0.15, 0.2) is 5.96 Å². The van der Waals surface area contributed by atoms with E-state index in [4.69, 9.17) is 4.74 Å². The Morgan fingerprint density at radius 2 is 2.19 bits per heavy atom. The number of rotatable bonds is 8. The monoisotopic (exact) mass is 378 g/mol. The second-order valence-corrected chi connectivity index (χ2v) is 7.54. The quantitative estimate of drug-likeness (QED) is 0.538. The van der Waals surface area contributed by atoms with Gasteiger partial charge in [0.2, 0.25) is 0 Å². The highest BCUT2D eigenvalue weighted by atomic mass is 19.1. The normalized spacial score (nSPS) is 19.8.